The van der Waals surface area contributed by atoms with Crippen LogP contribution in [0.5, 0.6) is 0 Å². The van der Waals surface area contributed by atoms with Gasteiger partial charge in [0.25, 0.3) is 0 Å². The fourth-order valence-electron chi connectivity index (χ4n) is 8.13. The average molecular weight is 435 g/mol. The van der Waals surface area contributed by atoms with Gasteiger partial charge in [0, 0.05) is 7.11 Å². The number of hydrogen-bond acceptors (Lipinski definition) is 3. The highest BCUT2D eigenvalue weighted by molar-refractivity contribution is 5.20. The molecular formula is C28H50O3. The van der Waals surface area contributed by atoms with E-state index in [0.29, 0.717) is 12.0 Å². The lowest BCUT2D eigenvalue weighted by atomic mass is 9.51. The van der Waals surface area contributed by atoms with Gasteiger partial charge in [-0.05, 0) is 106 Å². The van der Waals surface area contributed by atoms with Gasteiger partial charge in [-0.2, -0.15) is 0 Å². The highest BCUT2D eigenvalue weighted by Gasteiger charge is 2.55. The Hall–Kier alpha value is -0.380. The van der Waals surface area contributed by atoms with E-state index in [1.165, 1.54) is 44.9 Å². The Morgan fingerprint density at radius 3 is 2.61 bits per heavy atom. The highest BCUT2D eigenvalue weighted by atomic mass is 16.5. The number of aliphatic hydroxyl groups is 2. The Kier molecular flexibility index (Phi) is 8.71. The van der Waals surface area contributed by atoms with Crippen molar-refractivity contribution in [1.29, 1.82) is 0 Å². The summed E-state index contributed by atoms with van der Waals surface area (Å²) in [4.78, 5) is 0. The minimum Gasteiger partial charge on any atom is -0.393 e. The normalized spacial score (nSPS) is 41.1. The molecule has 0 bridgehead atoms. The summed E-state index contributed by atoms with van der Waals surface area (Å²) in [5.74, 6) is 4.25. The molecule has 8 atom stereocenters. The maximum atomic E-state index is 10.7. The van der Waals surface area contributed by atoms with E-state index in [2.05, 4.69) is 19.9 Å². The second-order valence-corrected chi connectivity index (χ2v) is 11.2. The van der Waals surface area contributed by atoms with Crippen molar-refractivity contribution in [3.8, 4) is 0 Å². The zero-order chi connectivity index (χ0) is 22.6. The molecule has 3 heteroatoms. The van der Waals surface area contributed by atoms with Gasteiger partial charge in [0.1, 0.15) is 0 Å². The summed E-state index contributed by atoms with van der Waals surface area (Å²) in [6, 6.07) is 0. The van der Waals surface area contributed by atoms with Crippen LogP contribution in [0.1, 0.15) is 105 Å². The van der Waals surface area contributed by atoms with E-state index in [-0.39, 0.29) is 6.10 Å². The molecule has 8 unspecified atom stereocenters. The fourth-order valence-corrected chi connectivity index (χ4v) is 8.13. The monoisotopic (exact) mass is 434 g/mol. The summed E-state index contributed by atoms with van der Waals surface area (Å²) in [6.45, 7) is 9.14. The van der Waals surface area contributed by atoms with Crippen LogP contribution in [0, 0.1) is 35.0 Å². The molecule has 0 aromatic carbocycles. The first-order valence-corrected chi connectivity index (χ1v) is 13.5. The van der Waals surface area contributed by atoms with Gasteiger partial charge in [-0.1, -0.05) is 45.8 Å². The van der Waals surface area contributed by atoms with Crippen molar-refractivity contribution in [3.05, 3.63) is 11.6 Å². The minimum atomic E-state index is -0.637. The quantitative estimate of drug-likeness (QED) is 0.448. The largest absolute Gasteiger partial charge is 0.393 e. The second-order valence-electron chi connectivity index (χ2n) is 11.2. The summed E-state index contributed by atoms with van der Waals surface area (Å²) in [7, 11) is 1.69. The predicted molar refractivity (Wildman–Crippen MR) is 129 cm³/mol. The summed E-state index contributed by atoms with van der Waals surface area (Å²) in [5, 5.41) is 20.8. The molecule has 0 amide bonds. The predicted octanol–water partition coefficient (Wildman–Crippen LogP) is 6.52. The molecule has 180 valence electrons. The SMILES string of the molecule is CC.CCC(O)(CCCC1CCC2C3CC=C4CC(O)CCC4C3CCC12C)COC. The lowest BCUT2D eigenvalue weighted by Gasteiger charge is -2.54. The van der Waals surface area contributed by atoms with Crippen molar-refractivity contribution in [3.63, 3.8) is 0 Å². The molecule has 0 aliphatic heterocycles. The number of allylic oxidation sites excluding steroid dienone is 1. The van der Waals surface area contributed by atoms with Crippen LogP contribution >= 0.6 is 0 Å². The zero-order valence-electron chi connectivity index (χ0n) is 21.0. The van der Waals surface area contributed by atoms with Crippen LogP contribution in [0.3, 0.4) is 0 Å². The molecule has 4 aliphatic rings. The van der Waals surface area contributed by atoms with Gasteiger partial charge < -0.3 is 14.9 Å². The first-order chi connectivity index (χ1) is 14.9. The van der Waals surface area contributed by atoms with Gasteiger partial charge in [-0.15, -0.1) is 0 Å². The third-order valence-electron chi connectivity index (χ3n) is 9.88. The van der Waals surface area contributed by atoms with Crippen LogP contribution in [0.15, 0.2) is 11.6 Å². The van der Waals surface area contributed by atoms with E-state index >= 15 is 0 Å². The van der Waals surface area contributed by atoms with Crippen molar-refractivity contribution in [1.82, 2.24) is 0 Å². The maximum Gasteiger partial charge on any atom is 0.0877 e. The second kappa shape index (κ2) is 10.7. The molecule has 4 rings (SSSR count). The van der Waals surface area contributed by atoms with Gasteiger partial charge in [-0.25, -0.2) is 0 Å². The van der Waals surface area contributed by atoms with Crippen LogP contribution in [-0.2, 0) is 4.74 Å². The number of methoxy groups -OCH3 is 1. The van der Waals surface area contributed by atoms with Crippen LogP contribution < -0.4 is 0 Å². The summed E-state index contributed by atoms with van der Waals surface area (Å²) in [6.07, 6.45) is 16.5. The molecule has 3 fully saturated rings. The Morgan fingerprint density at radius 2 is 1.90 bits per heavy atom. The Labute approximate surface area is 192 Å². The van der Waals surface area contributed by atoms with Gasteiger partial charge in [0.2, 0.25) is 0 Å². The zero-order valence-corrected chi connectivity index (χ0v) is 21.0. The molecule has 0 saturated heterocycles. The van der Waals surface area contributed by atoms with Gasteiger partial charge in [0.15, 0.2) is 0 Å². The number of hydrogen-bond donors (Lipinski definition) is 2. The number of ether oxygens (including phenoxy) is 1. The standard InChI is InChI=1S/C26H44O3.C2H6/c1-4-26(28,17-29-3)14-5-6-19-8-12-24-23-10-7-18-16-20(27)9-11-21(18)22(23)13-15-25(19,24)2;1-2/h7,19-24,27-28H,4-6,8-17H2,1-3H3;1-2H3. The van der Waals surface area contributed by atoms with Gasteiger partial charge in [0.05, 0.1) is 18.3 Å². The van der Waals surface area contributed by atoms with Crippen LogP contribution in [0.25, 0.3) is 0 Å². The Balaban J connectivity index is 0.00000132. The number of fused-ring (bicyclic) bond motifs is 5. The molecule has 3 nitrogen and oxygen atoms in total. The van der Waals surface area contributed by atoms with Crippen molar-refractivity contribution in [2.24, 2.45) is 35.0 Å². The lowest BCUT2D eigenvalue weighted by molar-refractivity contribution is -0.0456. The van der Waals surface area contributed by atoms with Crippen molar-refractivity contribution in [2.75, 3.05) is 13.7 Å². The minimum absolute atomic E-state index is 0.0846. The third kappa shape index (κ3) is 5.09. The van der Waals surface area contributed by atoms with Crippen LogP contribution in [0.2, 0.25) is 0 Å². The average Bonchev–Trinajstić information content (AvgIpc) is 3.11. The molecule has 3 saturated carbocycles. The molecule has 0 aromatic heterocycles. The third-order valence-corrected chi connectivity index (χ3v) is 9.88. The van der Waals surface area contributed by atoms with E-state index in [0.717, 1.165) is 61.7 Å². The number of aliphatic hydroxyl groups excluding tert-OH is 1. The van der Waals surface area contributed by atoms with E-state index < -0.39 is 5.60 Å². The molecule has 0 heterocycles. The van der Waals surface area contributed by atoms with Crippen LogP contribution in [0.4, 0.5) is 0 Å². The maximum absolute atomic E-state index is 10.7. The molecule has 2 N–H and O–H groups in total. The van der Waals surface area contributed by atoms with Crippen molar-refractivity contribution >= 4 is 0 Å². The highest BCUT2D eigenvalue weighted by Crippen LogP contribution is 2.64. The summed E-state index contributed by atoms with van der Waals surface area (Å²) in [5.41, 5.74) is 1.47. The van der Waals surface area contributed by atoms with Crippen molar-refractivity contribution < 1.29 is 14.9 Å². The summed E-state index contributed by atoms with van der Waals surface area (Å²) >= 11 is 0. The van der Waals surface area contributed by atoms with Crippen LogP contribution in [-0.4, -0.2) is 35.6 Å². The lowest BCUT2D eigenvalue weighted by Crippen LogP contribution is -2.46. The van der Waals surface area contributed by atoms with Crippen molar-refractivity contribution in [2.45, 2.75) is 116 Å². The van der Waals surface area contributed by atoms with E-state index in [1.54, 1.807) is 12.7 Å². The first kappa shape index (κ1) is 25.2. The molecular weight excluding hydrogens is 384 g/mol. The molecule has 31 heavy (non-hydrogen) atoms. The Morgan fingerprint density at radius 1 is 1.13 bits per heavy atom. The molecule has 0 radical (unpaired) electrons. The van der Waals surface area contributed by atoms with Gasteiger partial charge >= 0.3 is 0 Å². The van der Waals surface area contributed by atoms with E-state index in [9.17, 15) is 10.2 Å². The first-order valence-electron chi connectivity index (χ1n) is 13.5. The Bertz CT molecular complexity index is 601. The van der Waals surface area contributed by atoms with E-state index in [4.69, 9.17) is 4.74 Å². The topological polar surface area (TPSA) is 49.7 Å². The number of rotatable bonds is 7. The molecule has 0 spiro atoms. The summed E-state index contributed by atoms with van der Waals surface area (Å²) < 4.78 is 5.26. The molecule has 0 aromatic rings. The smallest absolute Gasteiger partial charge is 0.0877 e. The van der Waals surface area contributed by atoms with E-state index in [1.807, 2.05) is 13.8 Å². The fraction of sp³-hybridized carbons (Fsp3) is 0.929. The molecule has 4 aliphatic carbocycles. The van der Waals surface area contributed by atoms with Gasteiger partial charge in [-0.3, -0.25) is 0 Å².